The van der Waals surface area contributed by atoms with E-state index in [9.17, 15) is 0 Å². The first kappa shape index (κ1) is 20.3. The van der Waals surface area contributed by atoms with E-state index >= 15 is 0 Å². The quantitative estimate of drug-likeness (QED) is 0.572. The Bertz CT molecular complexity index is 593. The standard InChI is InChI=1S/C21H33ClN4O/c1-16(27-20-9-7-17(22)8-10-20)15-24-21(23-2)25-18-11-13-26(14-12-18)19-5-3-4-6-19/h7-10,16,18-19H,3-6,11-15H2,1-2H3,(H2,23,24,25). The summed E-state index contributed by atoms with van der Waals surface area (Å²) in [6, 6.07) is 8.81. The number of benzene rings is 1. The summed E-state index contributed by atoms with van der Waals surface area (Å²) in [5.41, 5.74) is 0. The van der Waals surface area contributed by atoms with Gasteiger partial charge in [0.1, 0.15) is 11.9 Å². The first-order chi connectivity index (χ1) is 13.1. The van der Waals surface area contributed by atoms with E-state index in [1.54, 1.807) is 0 Å². The maximum absolute atomic E-state index is 5.91. The molecule has 1 heterocycles. The Kier molecular flexibility index (Phi) is 7.65. The van der Waals surface area contributed by atoms with Gasteiger partial charge in [0.05, 0.1) is 6.54 Å². The number of hydrogen-bond donors (Lipinski definition) is 2. The maximum atomic E-state index is 5.91. The Morgan fingerprint density at radius 1 is 1.19 bits per heavy atom. The third-order valence-electron chi connectivity index (χ3n) is 5.64. The Morgan fingerprint density at radius 2 is 1.85 bits per heavy atom. The van der Waals surface area contributed by atoms with Crippen LogP contribution in [0.3, 0.4) is 0 Å². The van der Waals surface area contributed by atoms with Gasteiger partial charge in [-0.3, -0.25) is 4.99 Å². The highest BCUT2D eigenvalue weighted by Crippen LogP contribution is 2.26. The first-order valence-corrected chi connectivity index (χ1v) is 10.7. The minimum absolute atomic E-state index is 0.0361. The van der Waals surface area contributed by atoms with Crippen molar-refractivity contribution in [1.29, 1.82) is 0 Å². The zero-order valence-electron chi connectivity index (χ0n) is 16.6. The second-order valence-corrected chi connectivity index (χ2v) is 8.16. The highest BCUT2D eigenvalue weighted by atomic mass is 35.5. The van der Waals surface area contributed by atoms with E-state index in [0.717, 1.165) is 22.8 Å². The normalized spacial score (nSPS) is 21.2. The number of guanidine groups is 1. The van der Waals surface area contributed by atoms with E-state index in [4.69, 9.17) is 16.3 Å². The Labute approximate surface area is 168 Å². The lowest BCUT2D eigenvalue weighted by Crippen LogP contribution is -2.51. The molecule has 2 fully saturated rings. The van der Waals surface area contributed by atoms with Gasteiger partial charge in [0.25, 0.3) is 0 Å². The lowest BCUT2D eigenvalue weighted by molar-refractivity contribution is 0.150. The number of halogens is 1. The topological polar surface area (TPSA) is 48.9 Å². The molecule has 2 N–H and O–H groups in total. The van der Waals surface area contributed by atoms with Crippen LogP contribution < -0.4 is 15.4 Å². The minimum atomic E-state index is 0.0361. The van der Waals surface area contributed by atoms with Crippen molar-refractivity contribution in [2.75, 3.05) is 26.7 Å². The molecule has 0 spiro atoms. The van der Waals surface area contributed by atoms with Crippen LogP contribution in [-0.4, -0.2) is 55.7 Å². The largest absolute Gasteiger partial charge is 0.489 e. The van der Waals surface area contributed by atoms with Crippen molar-refractivity contribution in [2.45, 2.75) is 63.6 Å². The first-order valence-electron chi connectivity index (χ1n) is 10.3. The molecule has 0 radical (unpaired) electrons. The number of likely N-dealkylation sites (tertiary alicyclic amines) is 1. The highest BCUT2D eigenvalue weighted by molar-refractivity contribution is 6.30. The molecule has 2 aliphatic rings. The van der Waals surface area contributed by atoms with Crippen LogP contribution in [0.25, 0.3) is 0 Å². The highest BCUT2D eigenvalue weighted by Gasteiger charge is 2.27. The van der Waals surface area contributed by atoms with Crippen LogP contribution in [0.5, 0.6) is 5.75 Å². The number of aliphatic imine (C=N–C) groups is 1. The smallest absolute Gasteiger partial charge is 0.191 e. The molecule has 1 saturated carbocycles. The van der Waals surface area contributed by atoms with E-state index < -0.39 is 0 Å². The molecule has 27 heavy (non-hydrogen) atoms. The molecule has 1 saturated heterocycles. The summed E-state index contributed by atoms with van der Waals surface area (Å²) in [5, 5.41) is 7.69. The van der Waals surface area contributed by atoms with E-state index in [-0.39, 0.29) is 6.10 Å². The maximum Gasteiger partial charge on any atom is 0.191 e. The number of nitrogens with one attached hydrogen (secondary N) is 2. The minimum Gasteiger partial charge on any atom is -0.489 e. The zero-order chi connectivity index (χ0) is 19.1. The molecular weight excluding hydrogens is 360 g/mol. The van der Waals surface area contributed by atoms with Crippen LogP contribution in [0.4, 0.5) is 0 Å². The lowest BCUT2D eigenvalue weighted by Gasteiger charge is -2.36. The predicted octanol–water partition coefficient (Wildman–Crippen LogP) is 3.68. The van der Waals surface area contributed by atoms with E-state index in [0.29, 0.717) is 12.6 Å². The molecule has 1 aliphatic carbocycles. The summed E-state index contributed by atoms with van der Waals surface area (Å²) in [6.07, 6.45) is 8.03. The third-order valence-corrected chi connectivity index (χ3v) is 5.89. The second-order valence-electron chi connectivity index (χ2n) is 7.73. The molecule has 3 rings (SSSR count). The number of hydrogen-bond acceptors (Lipinski definition) is 3. The van der Waals surface area contributed by atoms with Gasteiger partial charge in [0.15, 0.2) is 5.96 Å². The molecule has 1 unspecified atom stereocenters. The second kappa shape index (κ2) is 10.2. The molecule has 1 aromatic rings. The van der Waals surface area contributed by atoms with Crippen molar-refractivity contribution in [3.63, 3.8) is 0 Å². The fourth-order valence-corrected chi connectivity index (χ4v) is 4.22. The zero-order valence-corrected chi connectivity index (χ0v) is 17.3. The van der Waals surface area contributed by atoms with Gasteiger partial charge in [-0.05, 0) is 56.9 Å². The molecule has 1 aromatic carbocycles. The number of rotatable bonds is 6. The van der Waals surface area contributed by atoms with Gasteiger partial charge < -0.3 is 20.3 Å². The Hall–Kier alpha value is -1.46. The molecule has 1 atom stereocenters. The van der Waals surface area contributed by atoms with Gasteiger partial charge in [0, 0.05) is 37.2 Å². The van der Waals surface area contributed by atoms with Gasteiger partial charge >= 0.3 is 0 Å². The summed E-state index contributed by atoms with van der Waals surface area (Å²) in [4.78, 5) is 7.07. The summed E-state index contributed by atoms with van der Waals surface area (Å²) >= 11 is 5.91. The van der Waals surface area contributed by atoms with Gasteiger partial charge in [-0.2, -0.15) is 0 Å². The average molecular weight is 393 g/mol. The lowest BCUT2D eigenvalue weighted by atomic mass is 10.0. The Balaban J connectivity index is 1.37. The van der Waals surface area contributed by atoms with Gasteiger partial charge in [-0.25, -0.2) is 0 Å². The van der Waals surface area contributed by atoms with E-state index in [1.807, 2.05) is 31.3 Å². The molecule has 5 nitrogen and oxygen atoms in total. The summed E-state index contributed by atoms with van der Waals surface area (Å²) in [7, 11) is 1.83. The van der Waals surface area contributed by atoms with Crippen molar-refractivity contribution < 1.29 is 4.74 Å². The van der Waals surface area contributed by atoms with Gasteiger partial charge in [0.2, 0.25) is 0 Å². The molecular formula is C21H33ClN4O. The number of ether oxygens (including phenoxy) is 1. The molecule has 0 amide bonds. The molecule has 1 aliphatic heterocycles. The van der Waals surface area contributed by atoms with Crippen LogP contribution in [-0.2, 0) is 0 Å². The summed E-state index contributed by atoms with van der Waals surface area (Å²) in [6.45, 7) is 5.16. The van der Waals surface area contributed by atoms with Crippen LogP contribution >= 0.6 is 11.6 Å². The number of nitrogens with zero attached hydrogens (tertiary/aromatic N) is 2. The van der Waals surface area contributed by atoms with Crippen LogP contribution in [0.1, 0.15) is 45.4 Å². The van der Waals surface area contributed by atoms with E-state index in [2.05, 4.69) is 27.4 Å². The number of piperidine rings is 1. The summed E-state index contributed by atoms with van der Waals surface area (Å²) < 4.78 is 5.91. The average Bonchev–Trinajstić information content (AvgIpc) is 3.22. The molecule has 0 aromatic heterocycles. The van der Waals surface area contributed by atoms with E-state index in [1.165, 1.54) is 51.6 Å². The Morgan fingerprint density at radius 3 is 2.48 bits per heavy atom. The van der Waals surface area contributed by atoms with Crippen molar-refractivity contribution in [1.82, 2.24) is 15.5 Å². The summed E-state index contributed by atoms with van der Waals surface area (Å²) in [5.74, 6) is 1.69. The molecule has 0 bridgehead atoms. The molecule has 6 heteroatoms. The van der Waals surface area contributed by atoms with Gasteiger partial charge in [-0.1, -0.05) is 24.4 Å². The SMILES string of the molecule is CN=C(NCC(C)Oc1ccc(Cl)cc1)NC1CCN(C2CCCC2)CC1. The van der Waals surface area contributed by atoms with Crippen molar-refractivity contribution >= 4 is 17.6 Å². The molecule has 150 valence electrons. The van der Waals surface area contributed by atoms with Crippen LogP contribution in [0.2, 0.25) is 5.02 Å². The predicted molar refractivity (Wildman–Crippen MR) is 113 cm³/mol. The van der Waals surface area contributed by atoms with Crippen LogP contribution in [0, 0.1) is 0 Å². The third kappa shape index (κ3) is 6.28. The van der Waals surface area contributed by atoms with Crippen molar-refractivity contribution in [3.05, 3.63) is 29.3 Å². The van der Waals surface area contributed by atoms with Crippen molar-refractivity contribution in [2.24, 2.45) is 4.99 Å². The fourth-order valence-electron chi connectivity index (χ4n) is 4.09. The van der Waals surface area contributed by atoms with Crippen molar-refractivity contribution in [3.8, 4) is 5.75 Å². The monoisotopic (exact) mass is 392 g/mol. The van der Waals surface area contributed by atoms with Gasteiger partial charge in [-0.15, -0.1) is 0 Å². The van der Waals surface area contributed by atoms with Crippen LogP contribution in [0.15, 0.2) is 29.3 Å². The fraction of sp³-hybridized carbons (Fsp3) is 0.667.